The average molecular weight is 423 g/mol. The molecule has 0 amide bonds. The molecule has 14 heteroatoms. The van der Waals surface area contributed by atoms with E-state index in [0.29, 0.717) is 6.07 Å². The van der Waals surface area contributed by atoms with Gasteiger partial charge in [-0.05, 0) is 34.9 Å². The predicted octanol–water partition coefficient (Wildman–Crippen LogP) is 4.20. The lowest BCUT2D eigenvalue weighted by Crippen LogP contribution is -2.12. The number of anilines is 2. The third-order valence-corrected chi connectivity index (χ3v) is 3.51. The second-order valence-electron chi connectivity index (χ2n) is 5.71. The van der Waals surface area contributed by atoms with Crippen LogP contribution in [0.2, 0.25) is 0 Å². The molecule has 0 saturated heterocycles. The van der Waals surface area contributed by atoms with E-state index in [9.17, 15) is 31.4 Å². The number of hydrogen-bond donors (Lipinski definition) is 2. The lowest BCUT2D eigenvalue weighted by molar-refractivity contribution is -0.141. The second-order valence-corrected chi connectivity index (χ2v) is 5.71. The summed E-state index contributed by atoms with van der Waals surface area (Å²) in [6.45, 7) is -0.544. The van der Waals surface area contributed by atoms with E-state index in [-0.39, 0.29) is 22.8 Å². The van der Waals surface area contributed by atoms with Gasteiger partial charge in [-0.25, -0.2) is 4.63 Å². The number of benzene rings is 1. The molecule has 1 aromatic carbocycles. The van der Waals surface area contributed by atoms with Crippen LogP contribution >= 0.6 is 0 Å². The summed E-state index contributed by atoms with van der Waals surface area (Å²) in [5.74, 6) is -1.59. The lowest BCUT2D eigenvalue weighted by Gasteiger charge is -2.16. The van der Waals surface area contributed by atoms with Gasteiger partial charge >= 0.3 is 12.4 Å². The summed E-state index contributed by atoms with van der Waals surface area (Å²) in [5, 5.41) is 19.0. The van der Waals surface area contributed by atoms with Gasteiger partial charge in [-0.3, -0.25) is 0 Å². The van der Waals surface area contributed by atoms with Crippen molar-refractivity contribution in [3.8, 4) is 11.6 Å². The molecular weight excluding hydrogens is 412 g/mol. The highest BCUT2D eigenvalue weighted by molar-refractivity contribution is 5.71. The normalized spacial score (nSPS) is 12.3. The minimum atomic E-state index is -4.84. The Morgan fingerprint density at radius 1 is 1.03 bits per heavy atom. The fraction of sp³-hybridized carbons (Fsp3) is 0.333. The summed E-state index contributed by atoms with van der Waals surface area (Å²) in [6.07, 6.45) is -10.9. The Balaban J connectivity index is 1.80. The van der Waals surface area contributed by atoms with Gasteiger partial charge in [-0.15, -0.1) is 0 Å². The van der Waals surface area contributed by atoms with E-state index >= 15 is 0 Å². The van der Waals surface area contributed by atoms with Gasteiger partial charge in [0.2, 0.25) is 11.3 Å². The molecule has 0 radical (unpaired) electrons. The highest BCUT2D eigenvalue weighted by Crippen LogP contribution is 2.39. The standard InChI is InChI=1S/C15H11F6N5O3/c16-14(17,18)4-1-5-28-9-3-2-7(6-8(9)15(19,20)21)22-12-13(27)24-11-10(23-12)25-29-26-11/h2-3,6H,1,4-5H2,(H,22,23,25)(H,24,26,27). The first-order chi connectivity index (χ1) is 13.5. The van der Waals surface area contributed by atoms with Crippen LogP contribution in [0.4, 0.5) is 37.8 Å². The topological polar surface area (TPSA) is 106 Å². The maximum absolute atomic E-state index is 13.3. The van der Waals surface area contributed by atoms with Gasteiger partial charge in [-0.2, -0.15) is 36.3 Å². The first-order valence-corrected chi connectivity index (χ1v) is 7.90. The zero-order valence-corrected chi connectivity index (χ0v) is 14.2. The molecule has 156 valence electrons. The third kappa shape index (κ3) is 5.14. The van der Waals surface area contributed by atoms with Gasteiger partial charge < -0.3 is 15.2 Å². The van der Waals surface area contributed by atoms with Gasteiger partial charge in [0, 0.05) is 12.1 Å². The van der Waals surface area contributed by atoms with Crippen LogP contribution in [0.3, 0.4) is 0 Å². The Bertz CT molecular complexity index is 1000. The first-order valence-electron chi connectivity index (χ1n) is 7.90. The van der Waals surface area contributed by atoms with Crippen molar-refractivity contribution in [3.05, 3.63) is 23.8 Å². The molecule has 2 heterocycles. The smallest absolute Gasteiger partial charge is 0.420 e. The monoisotopic (exact) mass is 423 g/mol. The van der Waals surface area contributed by atoms with E-state index in [2.05, 4.69) is 30.2 Å². The SMILES string of the molecule is Oc1nc2nonc2nc1Nc1ccc(OCCCC(F)(F)F)c(C(F)(F)F)c1. The summed E-state index contributed by atoms with van der Waals surface area (Å²) >= 11 is 0. The second kappa shape index (κ2) is 7.60. The molecule has 0 spiro atoms. The minimum Gasteiger partial charge on any atom is -0.493 e. The molecule has 2 aromatic heterocycles. The third-order valence-electron chi connectivity index (χ3n) is 3.51. The van der Waals surface area contributed by atoms with Crippen LogP contribution in [0.5, 0.6) is 11.6 Å². The molecule has 0 aliphatic heterocycles. The average Bonchev–Trinajstić information content (AvgIpc) is 3.05. The van der Waals surface area contributed by atoms with Crippen molar-refractivity contribution in [2.75, 3.05) is 11.9 Å². The Hall–Kier alpha value is -3.32. The van der Waals surface area contributed by atoms with E-state index in [1.165, 1.54) is 6.07 Å². The number of aromatic nitrogens is 4. The van der Waals surface area contributed by atoms with Gasteiger partial charge in [0.15, 0.2) is 5.82 Å². The maximum atomic E-state index is 13.3. The van der Waals surface area contributed by atoms with Crippen LogP contribution in [-0.2, 0) is 6.18 Å². The van der Waals surface area contributed by atoms with Crippen LogP contribution < -0.4 is 10.1 Å². The summed E-state index contributed by atoms with van der Waals surface area (Å²) < 4.78 is 85.6. The highest BCUT2D eigenvalue weighted by atomic mass is 19.4. The Labute approximate surface area is 157 Å². The number of nitrogens with one attached hydrogen (secondary N) is 1. The van der Waals surface area contributed by atoms with Crippen LogP contribution in [0.25, 0.3) is 11.3 Å². The van der Waals surface area contributed by atoms with Crippen LogP contribution in [-0.4, -0.2) is 38.2 Å². The highest BCUT2D eigenvalue weighted by Gasteiger charge is 2.35. The quantitative estimate of drug-likeness (QED) is 0.449. The molecule has 0 aliphatic rings. The Kier molecular flexibility index (Phi) is 5.35. The minimum absolute atomic E-state index is 0.0917. The summed E-state index contributed by atoms with van der Waals surface area (Å²) in [5.41, 5.74) is -1.55. The Morgan fingerprint density at radius 3 is 2.38 bits per heavy atom. The van der Waals surface area contributed by atoms with Gasteiger partial charge in [-0.1, -0.05) is 0 Å². The summed E-state index contributed by atoms with van der Waals surface area (Å²) in [4.78, 5) is 7.43. The van der Waals surface area contributed by atoms with Crippen LogP contribution in [0, 0.1) is 0 Å². The molecule has 2 N–H and O–H groups in total. The Morgan fingerprint density at radius 2 is 1.72 bits per heavy atom. The molecule has 8 nitrogen and oxygen atoms in total. The molecule has 0 unspecified atom stereocenters. The predicted molar refractivity (Wildman–Crippen MR) is 84.6 cm³/mol. The largest absolute Gasteiger partial charge is 0.493 e. The van der Waals surface area contributed by atoms with Crippen molar-refractivity contribution in [1.82, 2.24) is 20.3 Å². The van der Waals surface area contributed by atoms with E-state index in [4.69, 9.17) is 4.74 Å². The van der Waals surface area contributed by atoms with Gasteiger partial charge in [0.1, 0.15) is 5.75 Å². The van der Waals surface area contributed by atoms with E-state index in [1.54, 1.807) is 0 Å². The molecule has 0 fully saturated rings. The van der Waals surface area contributed by atoms with Gasteiger partial charge in [0.25, 0.3) is 5.88 Å². The number of fused-ring (bicyclic) bond motifs is 1. The molecular formula is C15H11F6N5O3. The zero-order chi connectivity index (χ0) is 21.2. The van der Waals surface area contributed by atoms with Crippen molar-refractivity contribution in [1.29, 1.82) is 0 Å². The van der Waals surface area contributed by atoms with Crippen molar-refractivity contribution < 1.29 is 40.8 Å². The van der Waals surface area contributed by atoms with Crippen molar-refractivity contribution in [2.45, 2.75) is 25.2 Å². The molecule has 3 aromatic rings. The molecule has 0 saturated carbocycles. The van der Waals surface area contributed by atoms with E-state index < -0.39 is 49.0 Å². The number of hydrogen-bond acceptors (Lipinski definition) is 8. The number of aromatic hydroxyl groups is 1. The van der Waals surface area contributed by atoms with Crippen molar-refractivity contribution >= 4 is 22.8 Å². The molecule has 0 aliphatic carbocycles. The van der Waals surface area contributed by atoms with E-state index in [1.807, 2.05) is 0 Å². The fourth-order valence-corrected chi connectivity index (χ4v) is 2.26. The molecule has 0 bridgehead atoms. The number of halogens is 6. The molecule has 0 atom stereocenters. The fourth-order valence-electron chi connectivity index (χ4n) is 2.26. The molecule has 29 heavy (non-hydrogen) atoms. The van der Waals surface area contributed by atoms with Crippen molar-refractivity contribution in [2.24, 2.45) is 0 Å². The summed E-state index contributed by atoms with van der Waals surface area (Å²) in [7, 11) is 0. The van der Waals surface area contributed by atoms with E-state index in [0.717, 1.165) is 6.07 Å². The van der Waals surface area contributed by atoms with Gasteiger partial charge in [0.05, 0.1) is 12.2 Å². The molecule has 3 rings (SSSR count). The maximum Gasteiger partial charge on any atom is 0.420 e. The number of alkyl halides is 6. The van der Waals surface area contributed by atoms with Crippen molar-refractivity contribution in [3.63, 3.8) is 0 Å². The number of ether oxygens (including phenoxy) is 1. The zero-order valence-electron chi connectivity index (χ0n) is 14.2. The number of rotatable bonds is 6. The van der Waals surface area contributed by atoms with Crippen LogP contribution in [0.15, 0.2) is 22.8 Å². The van der Waals surface area contributed by atoms with Crippen LogP contribution in [0.1, 0.15) is 18.4 Å². The first kappa shape index (κ1) is 20.4. The lowest BCUT2D eigenvalue weighted by atomic mass is 10.1. The summed E-state index contributed by atoms with van der Waals surface area (Å²) in [6, 6.07) is 2.77. The number of nitrogens with zero attached hydrogens (tertiary/aromatic N) is 4.